The highest BCUT2D eigenvalue weighted by molar-refractivity contribution is 7.99. The first-order chi connectivity index (χ1) is 14.1. The third-order valence-electron chi connectivity index (χ3n) is 4.36. The summed E-state index contributed by atoms with van der Waals surface area (Å²) in [6.07, 6.45) is 3.35. The third kappa shape index (κ3) is 4.25. The molecule has 0 atom stereocenters. The summed E-state index contributed by atoms with van der Waals surface area (Å²) in [5.74, 6) is 0.507. The van der Waals surface area contributed by atoms with Crippen molar-refractivity contribution in [2.75, 3.05) is 5.75 Å². The zero-order chi connectivity index (χ0) is 20.2. The maximum absolute atomic E-state index is 13.4. The van der Waals surface area contributed by atoms with Gasteiger partial charge in [-0.15, -0.1) is 10.2 Å². The Bertz CT molecular complexity index is 1130. The molecule has 0 saturated carbocycles. The number of carbonyl (C=O) groups excluding carboxylic acids is 1. The largest absolute Gasteiger partial charge is 0.293 e. The van der Waals surface area contributed by atoms with Crippen molar-refractivity contribution in [1.29, 1.82) is 0 Å². The molecule has 0 saturated heterocycles. The highest BCUT2D eigenvalue weighted by Gasteiger charge is 2.18. The normalized spacial score (nSPS) is 10.8. The predicted octanol–water partition coefficient (Wildman–Crippen LogP) is 4.75. The summed E-state index contributed by atoms with van der Waals surface area (Å²) < 4.78 is 15.2. The number of hydrogen-bond donors (Lipinski definition) is 0. The molecule has 4 aromatic rings. The van der Waals surface area contributed by atoms with Gasteiger partial charge in [0.25, 0.3) is 0 Å². The average molecular weight is 404 g/mol. The summed E-state index contributed by atoms with van der Waals surface area (Å²) in [6, 6.07) is 17.2. The van der Waals surface area contributed by atoms with E-state index < -0.39 is 0 Å². The molecule has 0 aliphatic heterocycles. The maximum atomic E-state index is 13.4. The lowest BCUT2D eigenvalue weighted by molar-refractivity contribution is 0.102. The van der Waals surface area contributed by atoms with Crippen LogP contribution >= 0.6 is 11.8 Å². The number of ketones is 1. The minimum atomic E-state index is -0.323. The zero-order valence-corrected chi connectivity index (χ0v) is 16.4. The second-order valence-electron chi connectivity index (χ2n) is 6.43. The van der Waals surface area contributed by atoms with Crippen LogP contribution in [0.4, 0.5) is 4.39 Å². The molecule has 2 aromatic heterocycles. The van der Waals surface area contributed by atoms with E-state index in [1.54, 1.807) is 24.5 Å². The monoisotopic (exact) mass is 404 g/mol. The van der Waals surface area contributed by atoms with Gasteiger partial charge in [0.05, 0.1) is 5.75 Å². The smallest absolute Gasteiger partial charge is 0.196 e. The Labute approximate surface area is 171 Å². The van der Waals surface area contributed by atoms with Gasteiger partial charge in [0.15, 0.2) is 16.8 Å². The molecular formula is C22H17FN4OS. The molecule has 7 heteroatoms. The van der Waals surface area contributed by atoms with Gasteiger partial charge < -0.3 is 0 Å². The number of carbonyl (C=O) groups is 1. The molecule has 0 aliphatic rings. The van der Waals surface area contributed by atoms with Crippen molar-refractivity contribution in [1.82, 2.24) is 19.7 Å². The van der Waals surface area contributed by atoms with Gasteiger partial charge in [0, 0.05) is 29.2 Å². The van der Waals surface area contributed by atoms with Crippen molar-refractivity contribution >= 4 is 17.5 Å². The Balaban J connectivity index is 1.66. The molecular weight excluding hydrogens is 387 g/mol. The number of thioether (sulfide) groups is 1. The molecule has 0 aliphatic carbocycles. The topological polar surface area (TPSA) is 60.7 Å². The van der Waals surface area contributed by atoms with E-state index in [0.29, 0.717) is 22.2 Å². The average Bonchev–Trinajstić information content (AvgIpc) is 3.17. The Morgan fingerprint density at radius 3 is 2.34 bits per heavy atom. The minimum absolute atomic E-state index is 0.00844. The fourth-order valence-corrected chi connectivity index (χ4v) is 3.67. The second kappa shape index (κ2) is 8.36. The summed E-state index contributed by atoms with van der Waals surface area (Å²) in [6.45, 7) is 1.98. The Kier molecular flexibility index (Phi) is 5.48. The van der Waals surface area contributed by atoms with Crippen LogP contribution in [0.3, 0.4) is 0 Å². The van der Waals surface area contributed by atoms with E-state index in [9.17, 15) is 9.18 Å². The van der Waals surface area contributed by atoms with E-state index in [0.717, 1.165) is 11.1 Å². The zero-order valence-electron chi connectivity index (χ0n) is 15.6. The molecule has 0 spiro atoms. The molecule has 0 amide bonds. The summed E-state index contributed by atoms with van der Waals surface area (Å²) >= 11 is 1.30. The lowest BCUT2D eigenvalue weighted by atomic mass is 10.1. The molecule has 29 heavy (non-hydrogen) atoms. The van der Waals surface area contributed by atoms with Crippen LogP contribution in [0, 0.1) is 12.7 Å². The predicted molar refractivity (Wildman–Crippen MR) is 111 cm³/mol. The number of benzene rings is 2. The number of halogens is 1. The third-order valence-corrected chi connectivity index (χ3v) is 5.29. The number of hydrogen-bond acceptors (Lipinski definition) is 5. The first-order valence-corrected chi connectivity index (χ1v) is 9.95. The van der Waals surface area contributed by atoms with Gasteiger partial charge in [-0.25, -0.2) is 4.39 Å². The van der Waals surface area contributed by atoms with Gasteiger partial charge in [0.2, 0.25) is 0 Å². The van der Waals surface area contributed by atoms with Crippen LogP contribution in [0.2, 0.25) is 0 Å². The van der Waals surface area contributed by atoms with Crippen LogP contribution in [0.5, 0.6) is 0 Å². The summed E-state index contributed by atoms with van der Waals surface area (Å²) in [7, 11) is 0. The van der Waals surface area contributed by atoms with Crippen LogP contribution in [0.1, 0.15) is 15.9 Å². The van der Waals surface area contributed by atoms with Crippen molar-refractivity contribution < 1.29 is 9.18 Å². The molecule has 5 nitrogen and oxygen atoms in total. The first kappa shape index (κ1) is 19.0. The van der Waals surface area contributed by atoms with Gasteiger partial charge in [-0.05, 0) is 43.3 Å². The van der Waals surface area contributed by atoms with Crippen molar-refractivity contribution in [2.45, 2.75) is 12.1 Å². The number of aryl methyl sites for hydroxylation is 1. The van der Waals surface area contributed by atoms with Crippen LogP contribution in [0.15, 0.2) is 78.2 Å². The standard InChI is InChI=1S/C22H17FN4OS/c1-15-2-4-16(5-3-15)20(28)14-29-22-26-25-21(17-10-12-24-13-11-17)27(22)19-8-6-18(23)7-9-19/h2-13H,14H2,1H3. The number of aromatic nitrogens is 4. The second-order valence-corrected chi connectivity index (χ2v) is 7.37. The molecule has 2 heterocycles. The fraction of sp³-hybridized carbons (Fsp3) is 0.0909. The summed E-state index contributed by atoms with van der Waals surface area (Å²) in [5.41, 5.74) is 3.31. The van der Waals surface area contributed by atoms with E-state index in [-0.39, 0.29) is 17.4 Å². The van der Waals surface area contributed by atoms with Crippen molar-refractivity contribution in [3.63, 3.8) is 0 Å². The molecule has 0 bridgehead atoms. The van der Waals surface area contributed by atoms with Gasteiger partial charge in [0.1, 0.15) is 5.82 Å². The van der Waals surface area contributed by atoms with Gasteiger partial charge in [-0.3, -0.25) is 14.3 Å². The number of Topliss-reactive ketones (excluding diaryl/α,β-unsaturated/α-hetero) is 1. The Morgan fingerprint density at radius 1 is 0.966 bits per heavy atom. The van der Waals surface area contributed by atoms with Crippen molar-refractivity contribution in [3.05, 3.63) is 90.0 Å². The van der Waals surface area contributed by atoms with Gasteiger partial charge >= 0.3 is 0 Å². The van der Waals surface area contributed by atoms with Crippen LogP contribution in [0.25, 0.3) is 17.1 Å². The van der Waals surface area contributed by atoms with Gasteiger partial charge in [-0.2, -0.15) is 0 Å². The minimum Gasteiger partial charge on any atom is -0.293 e. The first-order valence-electron chi connectivity index (χ1n) is 8.96. The van der Waals surface area contributed by atoms with Gasteiger partial charge in [-0.1, -0.05) is 41.6 Å². The SMILES string of the molecule is Cc1ccc(C(=O)CSc2nnc(-c3ccncc3)n2-c2ccc(F)cc2)cc1. The molecule has 2 aromatic carbocycles. The maximum Gasteiger partial charge on any atom is 0.196 e. The fourth-order valence-electron chi connectivity index (χ4n) is 2.83. The number of rotatable bonds is 6. The number of nitrogens with zero attached hydrogens (tertiary/aromatic N) is 4. The summed E-state index contributed by atoms with van der Waals surface area (Å²) in [4.78, 5) is 16.6. The Hall–Kier alpha value is -3.32. The number of pyridine rings is 1. The van der Waals surface area contributed by atoms with E-state index in [1.165, 1.54) is 23.9 Å². The molecule has 0 radical (unpaired) electrons. The van der Waals surface area contributed by atoms with Crippen LogP contribution < -0.4 is 0 Å². The van der Waals surface area contributed by atoms with Crippen LogP contribution in [-0.4, -0.2) is 31.3 Å². The lowest BCUT2D eigenvalue weighted by Crippen LogP contribution is -2.05. The lowest BCUT2D eigenvalue weighted by Gasteiger charge is -2.10. The van der Waals surface area contributed by atoms with E-state index in [1.807, 2.05) is 47.9 Å². The van der Waals surface area contributed by atoms with E-state index >= 15 is 0 Å². The highest BCUT2D eigenvalue weighted by Crippen LogP contribution is 2.28. The van der Waals surface area contributed by atoms with Crippen molar-refractivity contribution in [3.8, 4) is 17.1 Å². The molecule has 4 rings (SSSR count). The Morgan fingerprint density at radius 2 is 1.66 bits per heavy atom. The van der Waals surface area contributed by atoms with E-state index in [2.05, 4.69) is 15.2 Å². The molecule has 144 valence electrons. The highest BCUT2D eigenvalue weighted by atomic mass is 32.2. The van der Waals surface area contributed by atoms with E-state index in [4.69, 9.17) is 0 Å². The molecule has 0 fully saturated rings. The summed E-state index contributed by atoms with van der Waals surface area (Å²) in [5, 5.41) is 9.15. The quantitative estimate of drug-likeness (QED) is 0.343. The molecule has 0 unspecified atom stereocenters. The molecule has 0 N–H and O–H groups in total. The van der Waals surface area contributed by atoms with Crippen molar-refractivity contribution in [2.24, 2.45) is 0 Å². The van der Waals surface area contributed by atoms with Crippen LogP contribution in [-0.2, 0) is 0 Å².